The first-order chi connectivity index (χ1) is 8.90. The molecule has 1 fully saturated rings. The monoisotopic (exact) mass is 284 g/mol. The fourth-order valence-electron chi connectivity index (χ4n) is 2.30. The summed E-state index contributed by atoms with van der Waals surface area (Å²) in [5.41, 5.74) is 6.91. The van der Waals surface area contributed by atoms with Crippen molar-refractivity contribution in [1.29, 1.82) is 0 Å². The van der Waals surface area contributed by atoms with Gasteiger partial charge < -0.3 is 10.8 Å². The summed E-state index contributed by atoms with van der Waals surface area (Å²) in [6, 6.07) is 7.00. The highest BCUT2D eigenvalue weighted by molar-refractivity contribution is 7.88. The van der Waals surface area contributed by atoms with Crippen LogP contribution in [-0.2, 0) is 15.8 Å². The zero-order valence-electron chi connectivity index (χ0n) is 11.0. The first-order valence-corrected chi connectivity index (χ1v) is 8.00. The van der Waals surface area contributed by atoms with Gasteiger partial charge >= 0.3 is 0 Å². The van der Waals surface area contributed by atoms with Crippen LogP contribution in [-0.4, -0.2) is 37.0 Å². The molecule has 6 heteroatoms. The van der Waals surface area contributed by atoms with Gasteiger partial charge in [0.15, 0.2) is 0 Å². The van der Waals surface area contributed by atoms with Crippen LogP contribution in [0.1, 0.15) is 18.9 Å². The first-order valence-electron chi connectivity index (χ1n) is 6.39. The van der Waals surface area contributed by atoms with Gasteiger partial charge in [-0.1, -0.05) is 25.1 Å². The minimum absolute atomic E-state index is 0.0309. The maximum Gasteiger partial charge on any atom is 0.218 e. The van der Waals surface area contributed by atoms with E-state index in [1.54, 1.807) is 24.3 Å². The average Bonchev–Trinajstić information content (AvgIpc) is 2.35. The highest BCUT2D eigenvalue weighted by atomic mass is 32.2. The van der Waals surface area contributed by atoms with Crippen LogP contribution in [0.15, 0.2) is 24.3 Å². The van der Waals surface area contributed by atoms with Gasteiger partial charge in [-0.25, -0.2) is 12.7 Å². The number of aliphatic hydroxyl groups excluding tert-OH is 1. The molecule has 5 nitrogen and oxygen atoms in total. The van der Waals surface area contributed by atoms with E-state index in [1.165, 1.54) is 4.31 Å². The van der Waals surface area contributed by atoms with E-state index in [1.807, 2.05) is 6.92 Å². The Kier molecular flexibility index (Phi) is 4.13. The van der Waals surface area contributed by atoms with Crippen molar-refractivity contribution in [2.75, 3.05) is 18.8 Å². The van der Waals surface area contributed by atoms with E-state index in [0.29, 0.717) is 30.8 Å². The molecule has 19 heavy (non-hydrogen) atoms. The molecule has 0 aliphatic carbocycles. The molecule has 1 heterocycles. The molecule has 1 aromatic carbocycles. The Labute approximate surface area is 114 Å². The number of anilines is 1. The molecule has 0 bridgehead atoms. The lowest BCUT2D eigenvalue weighted by Crippen LogP contribution is -2.45. The summed E-state index contributed by atoms with van der Waals surface area (Å²) >= 11 is 0. The third-order valence-corrected chi connectivity index (χ3v) is 5.40. The largest absolute Gasteiger partial charge is 0.398 e. The molecule has 3 N–H and O–H groups in total. The van der Waals surface area contributed by atoms with Crippen LogP contribution < -0.4 is 5.73 Å². The third kappa shape index (κ3) is 3.26. The Morgan fingerprint density at radius 2 is 2.11 bits per heavy atom. The normalized spacial score (nSPS) is 25.4. The summed E-state index contributed by atoms with van der Waals surface area (Å²) in [6.45, 7) is 2.61. The molecule has 1 saturated heterocycles. The van der Waals surface area contributed by atoms with Gasteiger partial charge in [0.05, 0.1) is 11.9 Å². The molecule has 106 valence electrons. The van der Waals surface area contributed by atoms with Gasteiger partial charge in [-0.3, -0.25) is 0 Å². The lowest BCUT2D eigenvalue weighted by atomic mass is 9.99. The minimum Gasteiger partial charge on any atom is -0.398 e. The van der Waals surface area contributed by atoms with Gasteiger partial charge in [-0.15, -0.1) is 0 Å². The van der Waals surface area contributed by atoms with Crippen molar-refractivity contribution < 1.29 is 13.5 Å². The van der Waals surface area contributed by atoms with Crippen molar-refractivity contribution >= 4 is 15.7 Å². The maximum absolute atomic E-state index is 12.3. The molecular weight excluding hydrogens is 264 g/mol. The number of nitrogen functional groups attached to an aromatic ring is 1. The third-order valence-electron chi connectivity index (χ3n) is 3.61. The summed E-state index contributed by atoms with van der Waals surface area (Å²) < 4.78 is 26.2. The van der Waals surface area contributed by atoms with E-state index >= 15 is 0 Å². The summed E-state index contributed by atoms with van der Waals surface area (Å²) in [5.74, 6) is -0.112. The number of piperidine rings is 1. The zero-order chi connectivity index (χ0) is 14.0. The van der Waals surface area contributed by atoms with Crippen molar-refractivity contribution in [2.24, 2.45) is 5.92 Å². The van der Waals surface area contributed by atoms with Gasteiger partial charge in [0.1, 0.15) is 0 Å². The highest BCUT2D eigenvalue weighted by Crippen LogP contribution is 2.23. The van der Waals surface area contributed by atoms with Crippen molar-refractivity contribution in [1.82, 2.24) is 4.31 Å². The second kappa shape index (κ2) is 5.48. The van der Waals surface area contributed by atoms with Gasteiger partial charge in [-0.2, -0.15) is 0 Å². The van der Waals surface area contributed by atoms with E-state index in [2.05, 4.69) is 0 Å². The Balaban J connectivity index is 2.13. The maximum atomic E-state index is 12.3. The van der Waals surface area contributed by atoms with Crippen LogP contribution in [0.25, 0.3) is 0 Å². The molecule has 0 saturated carbocycles. The fraction of sp³-hybridized carbons (Fsp3) is 0.538. The Bertz CT molecular complexity index is 545. The molecule has 0 spiro atoms. The van der Waals surface area contributed by atoms with Crippen LogP contribution in [0.3, 0.4) is 0 Å². The second-order valence-corrected chi connectivity index (χ2v) is 7.12. The van der Waals surface area contributed by atoms with E-state index in [9.17, 15) is 13.5 Å². The number of rotatable bonds is 3. The Morgan fingerprint density at radius 3 is 2.74 bits per heavy atom. The lowest BCUT2D eigenvalue weighted by molar-refractivity contribution is 0.0628. The number of benzene rings is 1. The predicted molar refractivity (Wildman–Crippen MR) is 74.8 cm³/mol. The van der Waals surface area contributed by atoms with Crippen LogP contribution in [0.5, 0.6) is 0 Å². The highest BCUT2D eigenvalue weighted by Gasteiger charge is 2.31. The summed E-state index contributed by atoms with van der Waals surface area (Å²) in [7, 11) is -3.37. The van der Waals surface area contributed by atoms with Gasteiger partial charge in [0.2, 0.25) is 10.0 Å². The number of nitrogens with zero attached hydrogens (tertiary/aromatic N) is 1. The second-order valence-electron chi connectivity index (χ2n) is 5.15. The quantitative estimate of drug-likeness (QED) is 0.804. The fourth-order valence-corrected chi connectivity index (χ4v) is 3.99. The molecule has 2 atom stereocenters. The standard InChI is InChI=1S/C13H20N2O3S/c1-10-8-15(7-6-13(10)16)19(17,18)9-11-4-2-3-5-12(11)14/h2-5,10,13,16H,6-9,14H2,1H3. The smallest absolute Gasteiger partial charge is 0.218 e. The van der Waals surface area contributed by atoms with E-state index in [-0.39, 0.29) is 11.7 Å². The van der Waals surface area contributed by atoms with Crippen molar-refractivity contribution in [3.05, 3.63) is 29.8 Å². The van der Waals surface area contributed by atoms with Crippen LogP contribution in [0.2, 0.25) is 0 Å². The average molecular weight is 284 g/mol. The SMILES string of the molecule is CC1CN(S(=O)(=O)Cc2ccccc2N)CCC1O. The predicted octanol–water partition coefficient (Wildman–Crippen LogP) is 0.801. The number of aliphatic hydroxyl groups is 1. The van der Waals surface area contributed by atoms with Crippen LogP contribution in [0, 0.1) is 5.92 Å². The van der Waals surface area contributed by atoms with Crippen molar-refractivity contribution in [2.45, 2.75) is 25.2 Å². The molecule has 2 unspecified atom stereocenters. The number of hydrogen-bond acceptors (Lipinski definition) is 4. The summed E-state index contributed by atoms with van der Waals surface area (Å²) in [6.07, 6.45) is 0.0817. The topological polar surface area (TPSA) is 83.6 Å². The van der Waals surface area contributed by atoms with Crippen LogP contribution >= 0.6 is 0 Å². The molecule has 0 amide bonds. The zero-order valence-corrected chi connectivity index (χ0v) is 11.8. The Hall–Kier alpha value is -1.11. The first kappa shape index (κ1) is 14.3. The van der Waals surface area contributed by atoms with Gasteiger partial charge in [0.25, 0.3) is 0 Å². The van der Waals surface area contributed by atoms with E-state index in [0.717, 1.165) is 0 Å². The number of sulfonamides is 1. The minimum atomic E-state index is -3.37. The molecule has 1 aliphatic rings. The molecule has 0 radical (unpaired) electrons. The molecule has 1 aromatic rings. The van der Waals surface area contributed by atoms with E-state index in [4.69, 9.17) is 5.73 Å². The molecule has 1 aliphatic heterocycles. The van der Waals surface area contributed by atoms with Gasteiger partial charge in [0, 0.05) is 18.8 Å². The molecule has 0 aromatic heterocycles. The van der Waals surface area contributed by atoms with Gasteiger partial charge in [-0.05, 0) is 24.0 Å². The number of hydrogen-bond donors (Lipinski definition) is 2. The van der Waals surface area contributed by atoms with Crippen molar-refractivity contribution in [3.63, 3.8) is 0 Å². The van der Waals surface area contributed by atoms with E-state index < -0.39 is 16.1 Å². The molecular formula is C13H20N2O3S. The summed E-state index contributed by atoms with van der Waals surface area (Å²) in [5, 5.41) is 9.65. The summed E-state index contributed by atoms with van der Waals surface area (Å²) in [4.78, 5) is 0. The van der Waals surface area contributed by atoms with Crippen LogP contribution in [0.4, 0.5) is 5.69 Å². The Morgan fingerprint density at radius 1 is 1.42 bits per heavy atom. The van der Waals surface area contributed by atoms with Crippen molar-refractivity contribution in [3.8, 4) is 0 Å². The number of nitrogens with two attached hydrogens (primary N) is 1. The number of para-hydroxylation sites is 1. The lowest BCUT2D eigenvalue weighted by Gasteiger charge is -2.33. The molecule has 2 rings (SSSR count).